The van der Waals surface area contributed by atoms with Crippen LogP contribution in [0.2, 0.25) is 0 Å². The standard InChI is InChI=1S/C15H14BrN3O2/c16-11-8-9(15(17)18-21)4-5-13(11)19-7-6-10-12(19)2-1-3-14(10)20/h4-8,21H,1-3H2,(H2,17,18). The van der Waals surface area contributed by atoms with E-state index < -0.39 is 0 Å². The van der Waals surface area contributed by atoms with E-state index in [1.54, 1.807) is 12.1 Å². The molecule has 1 aromatic carbocycles. The van der Waals surface area contributed by atoms with Gasteiger partial charge in [0.05, 0.1) is 5.69 Å². The lowest BCUT2D eigenvalue weighted by molar-refractivity contribution is 0.0972. The van der Waals surface area contributed by atoms with Crippen molar-refractivity contribution in [1.29, 1.82) is 0 Å². The second-order valence-electron chi connectivity index (χ2n) is 4.97. The van der Waals surface area contributed by atoms with Crippen molar-refractivity contribution in [2.75, 3.05) is 0 Å². The van der Waals surface area contributed by atoms with Gasteiger partial charge in [0.25, 0.3) is 0 Å². The average molecular weight is 348 g/mol. The van der Waals surface area contributed by atoms with Gasteiger partial charge in [0.15, 0.2) is 11.6 Å². The van der Waals surface area contributed by atoms with Crippen LogP contribution >= 0.6 is 15.9 Å². The van der Waals surface area contributed by atoms with Crippen molar-refractivity contribution in [2.24, 2.45) is 10.9 Å². The number of hydrogen-bond donors (Lipinski definition) is 2. The number of carbonyl (C=O) groups is 1. The first-order chi connectivity index (χ1) is 10.1. The van der Waals surface area contributed by atoms with E-state index in [4.69, 9.17) is 10.9 Å². The average Bonchev–Trinajstić information content (AvgIpc) is 2.91. The molecule has 108 valence electrons. The molecule has 3 rings (SSSR count). The van der Waals surface area contributed by atoms with E-state index in [-0.39, 0.29) is 11.6 Å². The van der Waals surface area contributed by atoms with Crippen LogP contribution < -0.4 is 5.73 Å². The molecule has 0 spiro atoms. The molecule has 1 aliphatic rings. The molecule has 2 aromatic rings. The van der Waals surface area contributed by atoms with E-state index in [1.807, 2.05) is 22.9 Å². The van der Waals surface area contributed by atoms with E-state index in [2.05, 4.69) is 21.1 Å². The predicted octanol–water partition coefficient (Wildman–Crippen LogP) is 2.85. The topological polar surface area (TPSA) is 80.6 Å². The molecule has 0 atom stereocenters. The lowest BCUT2D eigenvalue weighted by Crippen LogP contribution is -2.14. The third kappa shape index (κ3) is 2.35. The Hall–Kier alpha value is -2.08. The number of rotatable bonds is 2. The Morgan fingerprint density at radius 3 is 2.86 bits per heavy atom. The van der Waals surface area contributed by atoms with Gasteiger partial charge in [-0.2, -0.15) is 0 Å². The number of fused-ring (bicyclic) bond motifs is 1. The molecule has 6 heteroatoms. The summed E-state index contributed by atoms with van der Waals surface area (Å²) in [5.41, 5.74) is 9.01. The van der Waals surface area contributed by atoms with Crippen molar-refractivity contribution in [2.45, 2.75) is 19.3 Å². The van der Waals surface area contributed by atoms with Gasteiger partial charge in [-0.05, 0) is 53.0 Å². The number of ketones is 1. The van der Waals surface area contributed by atoms with Crippen molar-refractivity contribution in [1.82, 2.24) is 4.57 Å². The minimum absolute atomic E-state index is 0.0620. The number of benzene rings is 1. The molecule has 0 unspecified atom stereocenters. The Morgan fingerprint density at radius 2 is 2.14 bits per heavy atom. The molecule has 0 aliphatic heterocycles. The molecule has 0 amide bonds. The molecule has 1 aromatic heterocycles. The first-order valence-electron chi connectivity index (χ1n) is 6.63. The summed E-state index contributed by atoms with van der Waals surface area (Å²) in [6.07, 6.45) is 4.32. The highest BCUT2D eigenvalue weighted by atomic mass is 79.9. The van der Waals surface area contributed by atoms with E-state index in [9.17, 15) is 4.79 Å². The number of carbonyl (C=O) groups excluding carboxylic acids is 1. The summed E-state index contributed by atoms with van der Waals surface area (Å²) in [6, 6.07) is 7.34. The number of hydrogen-bond acceptors (Lipinski definition) is 3. The van der Waals surface area contributed by atoms with Gasteiger partial charge in [-0.25, -0.2) is 0 Å². The quantitative estimate of drug-likeness (QED) is 0.379. The normalized spacial score (nSPS) is 15.1. The Kier molecular flexibility index (Phi) is 3.55. The van der Waals surface area contributed by atoms with Gasteiger partial charge in [0, 0.05) is 33.9 Å². The van der Waals surface area contributed by atoms with Gasteiger partial charge in [0.2, 0.25) is 0 Å². The molecule has 3 N–H and O–H groups in total. The van der Waals surface area contributed by atoms with Gasteiger partial charge < -0.3 is 15.5 Å². The molecule has 1 aliphatic carbocycles. The fourth-order valence-electron chi connectivity index (χ4n) is 2.67. The minimum Gasteiger partial charge on any atom is -0.409 e. The molecule has 0 saturated heterocycles. The zero-order valence-corrected chi connectivity index (χ0v) is 12.8. The van der Waals surface area contributed by atoms with Crippen LogP contribution in [0.25, 0.3) is 5.69 Å². The van der Waals surface area contributed by atoms with Crippen LogP contribution in [0.4, 0.5) is 0 Å². The minimum atomic E-state index is 0.0620. The van der Waals surface area contributed by atoms with Crippen LogP contribution in [-0.2, 0) is 6.42 Å². The first-order valence-corrected chi connectivity index (χ1v) is 7.42. The molecule has 0 saturated carbocycles. The van der Waals surface area contributed by atoms with E-state index >= 15 is 0 Å². The van der Waals surface area contributed by atoms with Crippen LogP contribution in [0.15, 0.2) is 40.1 Å². The van der Waals surface area contributed by atoms with Gasteiger partial charge in [-0.3, -0.25) is 4.79 Å². The maximum Gasteiger partial charge on any atom is 0.170 e. The van der Waals surface area contributed by atoms with Crippen molar-refractivity contribution in [3.63, 3.8) is 0 Å². The summed E-state index contributed by atoms with van der Waals surface area (Å²) >= 11 is 3.51. The second kappa shape index (κ2) is 5.37. The first kappa shape index (κ1) is 13.9. The highest BCUT2D eigenvalue weighted by Crippen LogP contribution is 2.29. The third-order valence-corrected chi connectivity index (χ3v) is 4.36. The molecule has 1 heterocycles. The molecular formula is C15H14BrN3O2. The van der Waals surface area contributed by atoms with Crippen LogP contribution in [0, 0.1) is 0 Å². The molecule has 0 fully saturated rings. The Morgan fingerprint density at radius 1 is 1.33 bits per heavy atom. The van der Waals surface area contributed by atoms with Crippen LogP contribution in [0.1, 0.15) is 34.5 Å². The largest absolute Gasteiger partial charge is 0.409 e. The number of nitrogens with two attached hydrogens (primary N) is 1. The van der Waals surface area contributed by atoms with Crippen molar-refractivity contribution >= 4 is 27.5 Å². The highest BCUT2D eigenvalue weighted by Gasteiger charge is 2.21. The van der Waals surface area contributed by atoms with E-state index in [0.717, 1.165) is 34.3 Å². The zero-order valence-electron chi connectivity index (χ0n) is 11.2. The fraction of sp³-hybridized carbons (Fsp3) is 0.200. The number of oxime groups is 1. The van der Waals surface area contributed by atoms with Gasteiger partial charge in [-0.15, -0.1) is 0 Å². The van der Waals surface area contributed by atoms with Crippen LogP contribution in [-0.4, -0.2) is 21.4 Å². The number of nitrogens with zero attached hydrogens (tertiary/aromatic N) is 2. The molecule has 0 bridgehead atoms. The number of aromatic nitrogens is 1. The molecular weight excluding hydrogens is 334 g/mol. The van der Waals surface area contributed by atoms with Gasteiger partial charge in [-0.1, -0.05) is 5.16 Å². The fourth-order valence-corrected chi connectivity index (χ4v) is 3.24. The summed E-state index contributed by atoms with van der Waals surface area (Å²) in [5.74, 6) is 0.270. The van der Waals surface area contributed by atoms with Crippen LogP contribution in [0.5, 0.6) is 0 Å². The zero-order chi connectivity index (χ0) is 15.0. The summed E-state index contributed by atoms with van der Waals surface area (Å²) < 4.78 is 2.84. The highest BCUT2D eigenvalue weighted by molar-refractivity contribution is 9.10. The Balaban J connectivity index is 2.08. The molecule has 5 nitrogen and oxygen atoms in total. The smallest absolute Gasteiger partial charge is 0.170 e. The monoisotopic (exact) mass is 347 g/mol. The maximum atomic E-state index is 11.9. The number of Topliss-reactive ketones (excluding diaryl/α,β-unsaturated/α-hetero) is 1. The maximum absolute atomic E-state index is 11.9. The summed E-state index contributed by atoms with van der Waals surface area (Å²) in [4.78, 5) is 11.9. The van der Waals surface area contributed by atoms with Crippen molar-refractivity contribution < 1.29 is 10.0 Å². The van der Waals surface area contributed by atoms with Crippen molar-refractivity contribution in [3.05, 3.63) is 51.8 Å². The number of halogens is 1. The van der Waals surface area contributed by atoms with E-state index in [0.29, 0.717) is 12.0 Å². The summed E-state index contributed by atoms with van der Waals surface area (Å²) in [6.45, 7) is 0. The Labute approximate surface area is 130 Å². The lowest BCUT2D eigenvalue weighted by atomic mass is 9.97. The summed E-state index contributed by atoms with van der Waals surface area (Å²) in [5, 5.41) is 11.7. The van der Waals surface area contributed by atoms with Crippen molar-refractivity contribution in [3.8, 4) is 5.69 Å². The third-order valence-electron chi connectivity index (χ3n) is 3.72. The van der Waals surface area contributed by atoms with Gasteiger partial charge in [0.1, 0.15) is 0 Å². The number of amidine groups is 1. The van der Waals surface area contributed by atoms with Crippen LogP contribution in [0.3, 0.4) is 0 Å². The summed E-state index contributed by atoms with van der Waals surface area (Å²) in [7, 11) is 0. The Bertz CT molecular complexity index is 749. The predicted molar refractivity (Wildman–Crippen MR) is 83.2 cm³/mol. The molecule has 21 heavy (non-hydrogen) atoms. The lowest BCUT2D eigenvalue weighted by Gasteiger charge is -2.16. The van der Waals surface area contributed by atoms with E-state index in [1.165, 1.54) is 0 Å². The SMILES string of the molecule is NC(=NO)c1ccc(-n2ccc3c2CCCC3=O)c(Br)c1. The van der Waals surface area contributed by atoms with Gasteiger partial charge >= 0.3 is 0 Å². The molecule has 0 radical (unpaired) electrons. The second-order valence-corrected chi connectivity index (χ2v) is 5.83.